The van der Waals surface area contributed by atoms with Crippen molar-refractivity contribution in [1.29, 1.82) is 0 Å². The first kappa shape index (κ1) is 16.7. The molecule has 0 aliphatic carbocycles. The number of likely N-dealkylation sites (N-methyl/N-ethyl adjacent to an activating group) is 1. The van der Waals surface area contributed by atoms with Crippen molar-refractivity contribution in [3.05, 3.63) is 44.9 Å². The number of halogens is 1. The second-order valence-corrected chi connectivity index (χ2v) is 6.24. The van der Waals surface area contributed by atoms with Gasteiger partial charge in [-0.15, -0.1) is 11.3 Å². The Bertz CT molecular complexity index is 643. The first-order valence-electron chi connectivity index (χ1n) is 6.72. The first-order valence-corrected chi connectivity index (χ1v) is 7.91. The predicted molar refractivity (Wildman–Crippen MR) is 86.7 cm³/mol. The molecule has 0 saturated heterocycles. The number of benzene rings is 1. The summed E-state index contributed by atoms with van der Waals surface area (Å²) in [5.41, 5.74) is 0.675. The summed E-state index contributed by atoms with van der Waals surface area (Å²) >= 11 is 7.13. The lowest BCUT2D eigenvalue weighted by molar-refractivity contribution is 0.0771. The van der Waals surface area contributed by atoms with Crippen molar-refractivity contribution in [2.24, 2.45) is 0 Å². The SMILES string of the molecule is Cc1nc(COc2ccc(Cl)cc2)sc1C(=O)N(C)CCO. The lowest BCUT2D eigenvalue weighted by Gasteiger charge is -2.14. The third-order valence-electron chi connectivity index (χ3n) is 2.99. The average molecular weight is 341 g/mol. The van der Waals surface area contributed by atoms with Crippen molar-refractivity contribution in [2.45, 2.75) is 13.5 Å². The van der Waals surface area contributed by atoms with Crippen LogP contribution in [0.15, 0.2) is 24.3 Å². The molecule has 0 aliphatic rings. The maximum absolute atomic E-state index is 12.2. The minimum atomic E-state index is -0.137. The van der Waals surface area contributed by atoms with Crippen LogP contribution in [0.1, 0.15) is 20.4 Å². The van der Waals surface area contributed by atoms with Gasteiger partial charge in [-0.3, -0.25) is 4.79 Å². The molecule has 1 aromatic heterocycles. The summed E-state index contributed by atoms with van der Waals surface area (Å²) in [6, 6.07) is 7.07. The largest absolute Gasteiger partial charge is 0.486 e. The topological polar surface area (TPSA) is 62.7 Å². The van der Waals surface area contributed by atoms with Crippen molar-refractivity contribution >= 4 is 28.8 Å². The molecule has 7 heteroatoms. The lowest BCUT2D eigenvalue weighted by atomic mass is 10.3. The molecule has 0 bridgehead atoms. The van der Waals surface area contributed by atoms with Crippen LogP contribution < -0.4 is 4.74 Å². The molecular formula is C15H17ClN2O3S. The second-order valence-electron chi connectivity index (χ2n) is 4.72. The quantitative estimate of drug-likeness (QED) is 0.878. The highest BCUT2D eigenvalue weighted by molar-refractivity contribution is 7.13. The number of amides is 1. The number of carbonyl (C=O) groups is 1. The molecule has 1 aromatic carbocycles. The van der Waals surface area contributed by atoms with E-state index < -0.39 is 0 Å². The molecule has 0 unspecified atom stereocenters. The van der Waals surface area contributed by atoms with E-state index in [4.69, 9.17) is 21.4 Å². The Morgan fingerprint density at radius 2 is 2.09 bits per heavy atom. The van der Waals surface area contributed by atoms with Gasteiger partial charge in [0.1, 0.15) is 22.2 Å². The van der Waals surface area contributed by atoms with E-state index in [2.05, 4.69) is 4.98 Å². The Labute approximate surface area is 138 Å². The van der Waals surface area contributed by atoms with Crippen molar-refractivity contribution in [1.82, 2.24) is 9.88 Å². The number of aromatic nitrogens is 1. The summed E-state index contributed by atoms with van der Waals surface area (Å²) in [7, 11) is 1.65. The predicted octanol–water partition coefficient (Wildman–Crippen LogP) is 2.75. The van der Waals surface area contributed by atoms with Crippen LogP contribution in [0.5, 0.6) is 5.75 Å². The van der Waals surface area contributed by atoms with Crippen molar-refractivity contribution in [3.63, 3.8) is 0 Å². The van der Waals surface area contributed by atoms with Crippen LogP contribution >= 0.6 is 22.9 Å². The highest BCUT2D eigenvalue weighted by Crippen LogP contribution is 2.22. The Morgan fingerprint density at radius 1 is 1.41 bits per heavy atom. The number of hydrogen-bond donors (Lipinski definition) is 1. The molecule has 1 heterocycles. The normalized spacial score (nSPS) is 10.5. The number of carbonyl (C=O) groups excluding carboxylic acids is 1. The van der Waals surface area contributed by atoms with Crippen LogP contribution in [0.25, 0.3) is 0 Å². The smallest absolute Gasteiger partial charge is 0.265 e. The van der Waals surface area contributed by atoms with E-state index in [0.717, 1.165) is 5.01 Å². The van der Waals surface area contributed by atoms with Crippen LogP contribution in [0.3, 0.4) is 0 Å². The fraction of sp³-hybridized carbons (Fsp3) is 0.333. The van der Waals surface area contributed by atoms with Crippen molar-refractivity contribution < 1.29 is 14.6 Å². The number of nitrogens with zero attached hydrogens (tertiary/aromatic N) is 2. The Morgan fingerprint density at radius 3 is 2.73 bits per heavy atom. The van der Waals surface area contributed by atoms with Crippen LogP contribution in [0.2, 0.25) is 5.02 Å². The molecule has 0 atom stereocenters. The summed E-state index contributed by atoms with van der Waals surface area (Å²) in [6.45, 7) is 2.33. The van der Waals surface area contributed by atoms with Gasteiger partial charge in [0.25, 0.3) is 5.91 Å². The average Bonchev–Trinajstić information content (AvgIpc) is 2.87. The van der Waals surface area contributed by atoms with Crippen LogP contribution in [-0.4, -0.2) is 41.1 Å². The molecule has 0 radical (unpaired) electrons. The van der Waals surface area contributed by atoms with Gasteiger partial charge in [0.15, 0.2) is 0 Å². The van der Waals surface area contributed by atoms with Crippen molar-refractivity contribution in [2.75, 3.05) is 20.2 Å². The van der Waals surface area contributed by atoms with Gasteiger partial charge in [-0.25, -0.2) is 4.98 Å². The van der Waals surface area contributed by atoms with Crippen LogP contribution in [0.4, 0.5) is 0 Å². The van der Waals surface area contributed by atoms with E-state index in [1.807, 2.05) is 0 Å². The molecule has 2 aromatic rings. The van der Waals surface area contributed by atoms with E-state index in [9.17, 15) is 4.79 Å². The number of rotatable bonds is 6. The number of hydrogen-bond acceptors (Lipinski definition) is 5. The van der Waals surface area contributed by atoms with Gasteiger partial charge in [-0.1, -0.05) is 11.6 Å². The van der Waals surface area contributed by atoms with Crippen LogP contribution in [0, 0.1) is 6.92 Å². The third-order valence-corrected chi connectivity index (χ3v) is 4.36. The molecule has 0 saturated carbocycles. The van der Waals surface area contributed by atoms with Gasteiger partial charge in [0.05, 0.1) is 12.3 Å². The number of ether oxygens (including phenoxy) is 1. The zero-order chi connectivity index (χ0) is 16.1. The maximum atomic E-state index is 12.2. The highest BCUT2D eigenvalue weighted by Gasteiger charge is 2.18. The second kappa shape index (κ2) is 7.58. The van der Waals surface area contributed by atoms with E-state index in [1.165, 1.54) is 16.2 Å². The van der Waals surface area contributed by atoms with Gasteiger partial charge < -0.3 is 14.7 Å². The number of thiazole rings is 1. The molecule has 22 heavy (non-hydrogen) atoms. The Balaban J connectivity index is 2.03. The Hall–Kier alpha value is -1.63. The number of aliphatic hydroxyl groups is 1. The minimum absolute atomic E-state index is 0.0629. The van der Waals surface area contributed by atoms with Gasteiger partial charge in [0.2, 0.25) is 0 Å². The van der Waals surface area contributed by atoms with Crippen molar-refractivity contribution in [3.8, 4) is 5.75 Å². The lowest BCUT2D eigenvalue weighted by Crippen LogP contribution is -2.29. The monoisotopic (exact) mass is 340 g/mol. The van der Waals surface area contributed by atoms with Gasteiger partial charge in [-0.05, 0) is 31.2 Å². The molecule has 2 rings (SSSR count). The maximum Gasteiger partial charge on any atom is 0.265 e. The molecule has 0 aliphatic heterocycles. The summed E-state index contributed by atoms with van der Waals surface area (Å²) in [6.07, 6.45) is 0. The van der Waals surface area contributed by atoms with Gasteiger partial charge >= 0.3 is 0 Å². The van der Waals surface area contributed by atoms with E-state index in [0.29, 0.717) is 34.5 Å². The molecule has 0 spiro atoms. The Kier molecular flexibility index (Phi) is 5.76. The number of aliphatic hydroxyl groups excluding tert-OH is 1. The fourth-order valence-corrected chi connectivity index (χ4v) is 2.91. The molecule has 1 amide bonds. The van der Waals surface area contributed by atoms with E-state index in [-0.39, 0.29) is 12.5 Å². The molecule has 118 valence electrons. The molecule has 5 nitrogen and oxygen atoms in total. The minimum Gasteiger partial charge on any atom is -0.486 e. The molecule has 1 N–H and O–H groups in total. The molecular weight excluding hydrogens is 324 g/mol. The standard InChI is InChI=1S/C15H17ClN2O3S/c1-10-14(15(20)18(2)7-8-19)22-13(17-10)9-21-12-5-3-11(16)4-6-12/h3-6,19H,7-9H2,1-2H3. The zero-order valence-corrected chi connectivity index (χ0v) is 13.9. The summed E-state index contributed by atoms with van der Waals surface area (Å²) in [5.74, 6) is 0.560. The fourth-order valence-electron chi connectivity index (χ4n) is 1.81. The van der Waals surface area contributed by atoms with Gasteiger partial charge in [-0.2, -0.15) is 0 Å². The summed E-state index contributed by atoms with van der Waals surface area (Å²) in [4.78, 5) is 18.6. The van der Waals surface area contributed by atoms with E-state index >= 15 is 0 Å². The summed E-state index contributed by atoms with van der Waals surface area (Å²) < 4.78 is 5.63. The van der Waals surface area contributed by atoms with Gasteiger partial charge in [0, 0.05) is 18.6 Å². The third kappa shape index (κ3) is 4.19. The summed E-state index contributed by atoms with van der Waals surface area (Å²) in [5, 5.41) is 10.3. The number of aryl methyl sites for hydroxylation is 1. The first-order chi connectivity index (χ1) is 10.5. The molecule has 0 fully saturated rings. The zero-order valence-electron chi connectivity index (χ0n) is 12.4. The van der Waals surface area contributed by atoms with Crippen LogP contribution in [-0.2, 0) is 6.61 Å². The van der Waals surface area contributed by atoms with E-state index in [1.54, 1.807) is 38.2 Å². The highest BCUT2D eigenvalue weighted by atomic mass is 35.5.